The Morgan fingerprint density at radius 2 is 1.81 bits per heavy atom. The number of carbonyl (C=O) groups is 1. The van der Waals surface area contributed by atoms with Crippen LogP contribution in [0.1, 0.15) is 25.0 Å². The van der Waals surface area contributed by atoms with Crippen LogP contribution in [0.25, 0.3) is 0 Å². The summed E-state index contributed by atoms with van der Waals surface area (Å²) in [4.78, 5) is 26.4. The third kappa shape index (κ3) is 2.99. The maximum Gasteiger partial charge on any atom is 0.279 e. The summed E-state index contributed by atoms with van der Waals surface area (Å²) in [5.41, 5.74) is 1.12. The van der Waals surface area contributed by atoms with Gasteiger partial charge < -0.3 is 10.0 Å². The van der Waals surface area contributed by atoms with Crippen molar-refractivity contribution in [2.75, 3.05) is 11.9 Å². The number of likely N-dealkylation sites (N-methyl/N-ethyl adjacent to an activating group) is 1. The van der Waals surface area contributed by atoms with Gasteiger partial charge >= 0.3 is 0 Å². The predicted molar refractivity (Wildman–Crippen MR) is 107 cm³/mol. The van der Waals surface area contributed by atoms with Crippen molar-refractivity contribution in [3.8, 4) is 5.88 Å². The number of nitrogens with zero attached hydrogens (tertiary/aromatic N) is 5. The highest BCUT2D eigenvalue weighted by Gasteiger charge is 2.31. The van der Waals surface area contributed by atoms with Gasteiger partial charge in [0.05, 0.1) is 11.9 Å². The zero-order valence-corrected chi connectivity index (χ0v) is 16.0. The summed E-state index contributed by atoms with van der Waals surface area (Å²) < 4.78 is 3.06. The molecule has 1 aromatic heterocycles. The Hall–Kier alpha value is -3.07. The average Bonchev–Trinajstić information content (AvgIpc) is 2.90. The van der Waals surface area contributed by atoms with Crippen molar-refractivity contribution < 1.29 is 9.90 Å². The van der Waals surface area contributed by atoms with E-state index in [1.54, 1.807) is 20.0 Å². The van der Waals surface area contributed by atoms with E-state index in [9.17, 15) is 14.7 Å². The zero-order chi connectivity index (χ0) is 19.7. The van der Waals surface area contributed by atoms with Gasteiger partial charge in [0.15, 0.2) is 10.5 Å². The van der Waals surface area contributed by atoms with Crippen LogP contribution in [0.2, 0.25) is 0 Å². The van der Waals surface area contributed by atoms with Crippen molar-refractivity contribution in [3.05, 3.63) is 50.5 Å². The topological polar surface area (TPSA) is 92.2 Å². The molecule has 8 nitrogen and oxygen atoms in total. The molecule has 1 aliphatic heterocycles. The van der Waals surface area contributed by atoms with E-state index in [4.69, 9.17) is 12.2 Å². The van der Waals surface area contributed by atoms with E-state index in [1.165, 1.54) is 14.0 Å². The zero-order valence-electron chi connectivity index (χ0n) is 15.2. The fraction of sp³-hybridized carbons (Fsp3) is 0.278. The Morgan fingerprint density at radius 3 is 2.48 bits per heavy atom. The molecule has 0 bridgehead atoms. The number of hydrogen-bond acceptors (Lipinski definition) is 6. The minimum Gasteiger partial charge on any atom is -0.494 e. The molecular formula is C18H19N5O3S. The quantitative estimate of drug-likeness (QED) is 0.494. The van der Waals surface area contributed by atoms with Crippen LogP contribution in [0.5, 0.6) is 5.88 Å². The monoisotopic (exact) mass is 385 g/mol. The van der Waals surface area contributed by atoms with Crippen LogP contribution in [0.4, 0.5) is 5.69 Å². The highest BCUT2D eigenvalue weighted by atomic mass is 32.1. The van der Waals surface area contributed by atoms with Crippen LogP contribution in [-0.4, -0.2) is 39.1 Å². The molecule has 1 aromatic carbocycles. The van der Waals surface area contributed by atoms with E-state index >= 15 is 0 Å². The molecule has 140 valence electrons. The first kappa shape index (κ1) is 18.7. The average molecular weight is 385 g/mol. The normalized spacial score (nSPS) is 15.1. The second kappa shape index (κ2) is 7.28. The number of carbonyl (C=O) groups excluding carboxylic acids is 1. The number of benzene rings is 1. The van der Waals surface area contributed by atoms with E-state index in [1.807, 2.05) is 25.1 Å². The number of anilines is 1. The van der Waals surface area contributed by atoms with Crippen molar-refractivity contribution in [1.82, 2.24) is 9.13 Å². The first-order valence-electron chi connectivity index (χ1n) is 8.47. The molecule has 2 heterocycles. The lowest BCUT2D eigenvalue weighted by molar-refractivity contribution is -0.111. The van der Waals surface area contributed by atoms with Gasteiger partial charge in [0.2, 0.25) is 5.88 Å². The lowest BCUT2D eigenvalue weighted by Crippen LogP contribution is -2.28. The number of para-hydroxylation sites is 1. The van der Waals surface area contributed by atoms with Crippen LogP contribution in [0, 0.1) is 4.77 Å². The van der Waals surface area contributed by atoms with Crippen molar-refractivity contribution in [2.24, 2.45) is 10.2 Å². The lowest BCUT2D eigenvalue weighted by atomic mass is 10.1. The van der Waals surface area contributed by atoms with Crippen LogP contribution in [0.15, 0.2) is 39.3 Å². The van der Waals surface area contributed by atoms with Crippen molar-refractivity contribution in [3.63, 3.8) is 0 Å². The molecule has 2 aromatic rings. The summed E-state index contributed by atoms with van der Waals surface area (Å²) >= 11 is 5.24. The number of aromatic hydroxyl groups is 1. The van der Waals surface area contributed by atoms with Gasteiger partial charge in [-0.3, -0.25) is 18.7 Å². The summed E-state index contributed by atoms with van der Waals surface area (Å²) in [5.74, 6) is -0.551. The first-order valence-corrected chi connectivity index (χ1v) is 8.88. The molecule has 9 heteroatoms. The molecule has 1 amide bonds. The van der Waals surface area contributed by atoms with Crippen molar-refractivity contribution >= 4 is 35.7 Å². The molecular weight excluding hydrogens is 366 g/mol. The van der Waals surface area contributed by atoms with E-state index in [0.717, 1.165) is 11.9 Å². The van der Waals surface area contributed by atoms with Gasteiger partial charge in [0.25, 0.3) is 11.5 Å². The maximum atomic E-state index is 12.6. The summed E-state index contributed by atoms with van der Waals surface area (Å²) in [7, 11) is 1.66. The van der Waals surface area contributed by atoms with Crippen LogP contribution in [0.3, 0.4) is 0 Å². The maximum absolute atomic E-state index is 12.6. The molecule has 27 heavy (non-hydrogen) atoms. The van der Waals surface area contributed by atoms with Gasteiger partial charge in [-0.1, -0.05) is 18.2 Å². The minimum absolute atomic E-state index is 0.0243. The van der Waals surface area contributed by atoms with Gasteiger partial charge in [-0.2, -0.15) is 5.10 Å². The number of fused-ring (bicyclic) bond motifs is 1. The van der Waals surface area contributed by atoms with Crippen LogP contribution >= 0.6 is 12.2 Å². The number of hydrogen-bond donors (Lipinski definition) is 1. The molecule has 1 N–H and O–H groups in total. The fourth-order valence-corrected chi connectivity index (χ4v) is 3.40. The second-order valence-electron chi connectivity index (χ2n) is 5.89. The SMILES string of the molecule is CCn1c(O)c(/C=N\N=C2C(=O)N(C)c3ccccc32)c(=O)n(CC)c1=S. The van der Waals surface area contributed by atoms with Crippen LogP contribution < -0.4 is 10.5 Å². The molecule has 0 unspecified atom stereocenters. The smallest absolute Gasteiger partial charge is 0.279 e. The summed E-state index contributed by atoms with van der Waals surface area (Å²) in [6.07, 6.45) is 1.16. The number of amides is 1. The molecule has 0 fully saturated rings. The van der Waals surface area contributed by atoms with Crippen molar-refractivity contribution in [2.45, 2.75) is 26.9 Å². The van der Waals surface area contributed by atoms with Gasteiger partial charge in [-0.05, 0) is 32.1 Å². The standard InChI is InChI=1S/C18H19N5O3S/c1-4-22-15(24)12(16(25)23(5-2)18(22)27)10-19-20-14-11-8-6-7-9-13(11)21(3)17(14)26/h6-10,24H,4-5H2,1-3H3/b19-10-,20-14?. The third-order valence-electron chi connectivity index (χ3n) is 4.44. The molecule has 0 atom stereocenters. The Morgan fingerprint density at radius 1 is 1.15 bits per heavy atom. The Balaban J connectivity index is 2.08. The highest BCUT2D eigenvalue weighted by molar-refractivity contribution is 7.71. The first-order chi connectivity index (χ1) is 12.9. The molecule has 0 saturated carbocycles. The van der Waals surface area contributed by atoms with E-state index in [-0.39, 0.29) is 27.8 Å². The molecule has 0 radical (unpaired) electrons. The van der Waals surface area contributed by atoms with Gasteiger partial charge in [0, 0.05) is 25.7 Å². The molecule has 3 rings (SSSR count). The third-order valence-corrected chi connectivity index (χ3v) is 4.88. The Bertz CT molecular complexity index is 1100. The molecule has 0 aliphatic carbocycles. The Labute approximate surface area is 160 Å². The van der Waals surface area contributed by atoms with Gasteiger partial charge in [-0.25, -0.2) is 0 Å². The Kier molecular flexibility index (Phi) is 5.04. The van der Waals surface area contributed by atoms with Crippen LogP contribution in [-0.2, 0) is 17.9 Å². The highest BCUT2D eigenvalue weighted by Crippen LogP contribution is 2.27. The second-order valence-corrected chi connectivity index (χ2v) is 6.25. The summed E-state index contributed by atoms with van der Waals surface area (Å²) in [6, 6.07) is 7.24. The summed E-state index contributed by atoms with van der Waals surface area (Å²) in [6.45, 7) is 4.37. The van der Waals surface area contributed by atoms with Crippen molar-refractivity contribution in [1.29, 1.82) is 0 Å². The van der Waals surface area contributed by atoms with E-state index in [2.05, 4.69) is 10.2 Å². The number of rotatable bonds is 4. The largest absolute Gasteiger partial charge is 0.494 e. The fourth-order valence-electron chi connectivity index (χ4n) is 2.98. The predicted octanol–water partition coefficient (Wildman–Crippen LogP) is 1.92. The summed E-state index contributed by atoms with van der Waals surface area (Å²) in [5, 5.41) is 18.3. The number of aromatic nitrogens is 2. The van der Waals surface area contributed by atoms with Gasteiger partial charge in [-0.15, -0.1) is 5.10 Å². The lowest BCUT2D eigenvalue weighted by Gasteiger charge is -2.13. The van der Waals surface area contributed by atoms with E-state index < -0.39 is 5.56 Å². The molecule has 0 spiro atoms. The van der Waals surface area contributed by atoms with Gasteiger partial charge in [0.1, 0.15) is 5.56 Å². The van der Waals surface area contributed by atoms with E-state index in [0.29, 0.717) is 18.7 Å². The minimum atomic E-state index is -0.455. The molecule has 0 saturated heterocycles. The molecule has 1 aliphatic rings.